The number of nitrogens with zero attached hydrogens (tertiary/aromatic N) is 3. The highest BCUT2D eigenvalue weighted by Gasteiger charge is 2.08. The zero-order valence-electron chi connectivity index (χ0n) is 8.20. The van der Waals surface area contributed by atoms with Gasteiger partial charge in [0.1, 0.15) is 10.8 Å². The van der Waals surface area contributed by atoms with Crippen molar-refractivity contribution in [2.75, 3.05) is 5.73 Å². The highest BCUT2D eigenvalue weighted by molar-refractivity contribution is 8.01. The van der Waals surface area contributed by atoms with E-state index in [2.05, 4.69) is 16.0 Å². The summed E-state index contributed by atoms with van der Waals surface area (Å²) in [6, 6.07) is 4.07. The van der Waals surface area contributed by atoms with Gasteiger partial charge >= 0.3 is 0 Å². The van der Waals surface area contributed by atoms with Gasteiger partial charge in [0.2, 0.25) is 0 Å². The maximum Gasteiger partial charge on any atom is 0.170 e. The van der Waals surface area contributed by atoms with Gasteiger partial charge in [0.25, 0.3) is 0 Å². The Bertz CT molecular complexity index is 615. The van der Waals surface area contributed by atoms with Gasteiger partial charge in [0.15, 0.2) is 5.65 Å². The number of fused-ring (bicyclic) bond motifs is 1. The third-order valence-corrected chi connectivity index (χ3v) is 4.06. The lowest BCUT2D eigenvalue weighted by atomic mass is 10.6. The van der Waals surface area contributed by atoms with E-state index < -0.39 is 0 Å². The summed E-state index contributed by atoms with van der Waals surface area (Å²) in [6.07, 6.45) is 5.38. The van der Waals surface area contributed by atoms with Gasteiger partial charge in [-0.25, -0.2) is 9.97 Å². The number of imidazole rings is 1. The molecule has 0 saturated carbocycles. The van der Waals surface area contributed by atoms with Crippen LogP contribution in [-0.2, 0) is 0 Å². The number of nitrogen functional groups attached to an aromatic ring is 1. The molecule has 0 amide bonds. The van der Waals surface area contributed by atoms with Gasteiger partial charge in [0, 0.05) is 12.4 Å². The molecule has 0 aliphatic rings. The van der Waals surface area contributed by atoms with Gasteiger partial charge in [-0.3, -0.25) is 0 Å². The predicted octanol–water partition coefficient (Wildman–Crippen LogP) is 2.52. The number of anilines is 1. The molecule has 4 nitrogen and oxygen atoms in total. The molecule has 3 aromatic heterocycles. The summed E-state index contributed by atoms with van der Waals surface area (Å²) in [4.78, 5) is 8.58. The Hall–Kier alpha value is -1.53. The van der Waals surface area contributed by atoms with Crippen LogP contribution in [0.1, 0.15) is 0 Å². The van der Waals surface area contributed by atoms with Crippen molar-refractivity contribution in [1.82, 2.24) is 14.4 Å². The number of hydrogen-bond acceptors (Lipinski definition) is 5. The van der Waals surface area contributed by atoms with Crippen molar-refractivity contribution in [3.05, 3.63) is 36.1 Å². The maximum atomic E-state index is 5.74. The van der Waals surface area contributed by atoms with Crippen molar-refractivity contribution in [3.63, 3.8) is 0 Å². The molecule has 3 rings (SSSR count). The van der Waals surface area contributed by atoms with E-state index in [9.17, 15) is 0 Å². The van der Waals surface area contributed by atoms with Gasteiger partial charge in [-0.1, -0.05) is 17.8 Å². The molecular weight excluding hydrogens is 240 g/mol. The topological polar surface area (TPSA) is 56.2 Å². The Morgan fingerprint density at radius 1 is 1.44 bits per heavy atom. The van der Waals surface area contributed by atoms with Crippen LogP contribution in [-0.4, -0.2) is 14.4 Å². The maximum absolute atomic E-state index is 5.74. The Balaban J connectivity index is 2.11. The average Bonchev–Trinajstić information content (AvgIpc) is 2.87. The summed E-state index contributed by atoms with van der Waals surface area (Å²) in [6.45, 7) is 0. The smallest absolute Gasteiger partial charge is 0.170 e. The van der Waals surface area contributed by atoms with Crippen LogP contribution < -0.4 is 5.73 Å². The van der Waals surface area contributed by atoms with Crippen molar-refractivity contribution < 1.29 is 0 Å². The van der Waals surface area contributed by atoms with E-state index in [1.807, 2.05) is 22.0 Å². The first-order chi connectivity index (χ1) is 7.83. The number of rotatable bonds is 2. The fourth-order valence-corrected chi connectivity index (χ4v) is 3.19. The molecule has 6 heteroatoms. The molecule has 3 heterocycles. The fourth-order valence-electron chi connectivity index (χ4n) is 1.41. The van der Waals surface area contributed by atoms with Crippen LogP contribution in [0, 0.1) is 0 Å². The van der Waals surface area contributed by atoms with Crippen molar-refractivity contribution in [2.24, 2.45) is 0 Å². The molecule has 0 bridgehead atoms. The average molecular weight is 248 g/mol. The van der Waals surface area contributed by atoms with Crippen molar-refractivity contribution >= 4 is 34.6 Å². The number of thiophene rings is 1. The molecule has 0 aliphatic heterocycles. The van der Waals surface area contributed by atoms with Crippen molar-refractivity contribution in [3.8, 4) is 0 Å². The SMILES string of the molecule is Nc1cn2ccnc2c(Sc2cccs2)n1. The van der Waals surface area contributed by atoms with Crippen LogP contribution in [0.25, 0.3) is 5.65 Å². The third-order valence-electron chi connectivity index (χ3n) is 2.05. The molecule has 16 heavy (non-hydrogen) atoms. The Morgan fingerprint density at radius 2 is 2.38 bits per heavy atom. The second-order valence-corrected chi connectivity index (χ2v) is 5.40. The molecular formula is C10H8N4S2. The van der Waals surface area contributed by atoms with E-state index in [1.54, 1.807) is 35.5 Å². The highest BCUT2D eigenvalue weighted by atomic mass is 32.2. The summed E-state index contributed by atoms with van der Waals surface area (Å²) < 4.78 is 3.07. The lowest BCUT2D eigenvalue weighted by molar-refractivity contribution is 1.04. The minimum atomic E-state index is 0.504. The van der Waals surface area contributed by atoms with Gasteiger partial charge in [-0.2, -0.15) is 0 Å². The molecule has 0 unspecified atom stereocenters. The Kier molecular flexibility index (Phi) is 2.30. The summed E-state index contributed by atoms with van der Waals surface area (Å²) in [5.74, 6) is 0.504. The fraction of sp³-hybridized carbons (Fsp3) is 0. The van der Waals surface area contributed by atoms with Gasteiger partial charge in [-0.05, 0) is 11.4 Å². The monoisotopic (exact) mass is 248 g/mol. The van der Waals surface area contributed by atoms with Crippen LogP contribution in [0.4, 0.5) is 5.82 Å². The minimum absolute atomic E-state index is 0.504. The summed E-state index contributed by atoms with van der Waals surface area (Å²) in [5.41, 5.74) is 6.58. The second-order valence-electron chi connectivity index (χ2n) is 3.16. The lowest BCUT2D eigenvalue weighted by Gasteiger charge is -2.02. The molecule has 0 fully saturated rings. The summed E-state index contributed by atoms with van der Waals surface area (Å²) in [5, 5.41) is 2.88. The quantitative estimate of drug-likeness (QED) is 0.757. The number of hydrogen-bond donors (Lipinski definition) is 1. The first-order valence-electron chi connectivity index (χ1n) is 4.63. The molecule has 0 radical (unpaired) electrons. The van der Waals surface area contributed by atoms with E-state index in [0.717, 1.165) is 10.7 Å². The van der Waals surface area contributed by atoms with Crippen LogP contribution in [0.2, 0.25) is 0 Å². The van der Waals surface area contributed by atoms with E-state index in [1.165, 1.54) is 4.21 Å². The van der Waals surface area contributed by atoms with Crippen molar-refractivity contribution in [2.45, 2.75) is 9.24 Å². The molecule has 2 N–H and O–H groups in total. The molecule has 0 aliphatic carbocycles. The van der Waals surface area contributed by atoms with Crippen LogP contribution in [0.3, 0.4) is 0 Å². The first kappa shape index (κ1) is 9.68. The Labute approximate surface area is 100 Å². The first-order valence-corrected chi connectivity index (χ1v) is 6.33. The molecule has 0 aromatic carbocycles. The van der Waals surface area contributed by atoms with E-state index in [4.69, 9.17) is 5.73 Å². The van der Waals surface area contributed by atoms with E-state index in [0.29, 0.717) is 5.82 Å². The largest absolute Gasteiger partial charge is 0.382 e. The highest BCUT2D eigenvalue weighted by Crippen LogP contribution is 2.32. The third kappa shape index (κ3) is 1.66. The molecule has 0 saturated heterocycles. The Morgan fingerprint density at radius 3 is 3.19 bits per heavy atom. The van der Waals surface area contributed by atoms with Crippen LogP contribution in [0.15, 0.2) is 45.3 Å². The number of aromatic nitrogens is 3. The predicted molar refractivity (Wildman–Crippen MR) is 65.8 cm³/mol. The minimum Gasteiger partial charge on any atom is -0.382 e. The van der Waals surface area contributed by atoms with Crippen molar-refractivity contribution in [1.29, 1.82) is 0 Å². The zero-order chi connectivity index (χ0) is 11.0. The number of nitrogens with two attached hydrogens (primary N) is 1. The van der Waals surface area contributed by atoms with Crippen LogP contribution >= 0.6 is 23.1 Å². The van der Waals surface area contributed by atoms with E-state index in [-0.39, 0.29) is 0 Å². The van der Waals surface area contributed by atoms with Crippen LogP contribution in [0.5, 0.6) is 0 Å². The van der Waals surface area contributed by atoms with Gasteiger partial charge in [-0.15, -0.1) is 11.3 Å². The molecule has 3 aromatic rings. The second kappa shape index (κ2) is 3.80. The molecule has 80 valence electrons. The zero-order valence-corrected chi connectivity index (χ0v) is 9.83. The summed E-state index contributed by atoms with van der Waals surface area (Å²) in [7, 11) is 0. The lowest BCUT2D eigenvalue weighted by Crippen LogP contribution is -1.96. The summed E-state index contributed by atoms with van der Waals surface area (Å²) >= 11 is 3.27. The van der Waals surface area contributed by atoms with Gasteiger partial charge < -0.3 is 10.1 Å². The standard InChI is InChI=1S/C10H8N4S2/c11-7-6-14-4-3-12-9(14)10(13-7)16-8-2-1-5-15-8/h1-6H,11H2. The van der Waals surface area contributed by atoms with E-state index >= 15 is 0 Å². The molecule has 0 spiro atoms. The molecule has 0 atom stereocenters. The van der Waals surface area contributed by atoms with Gasteiger partial charge in [0.05, 0.1) is 10.4 Å². The normalized spacial score (nSPS) is 11.0.